The number of pyridine rings is 1. The summed E-state index contributed by atoms with van der Waals surface area (Å²) >= 11 is 6.41. The smallest absolute Gasteiger partial charge is 0.134 e. The molecule has 1 saturated carbocycles. The van der Waals surface area contributed by atoms with E-state index in [9.17, 15) is 0 Å². The van der Waals surface area contributed by atoms with Gasteiger partial charge in [0, 0.05) is 23.5 Å². The van der Waals surface area contributed by atoms with Crippen molar-refractivity contribution in [3.05, 3.63) is 41.0 Å². The average molecular weight is 303 g/mol. The Hall–Kier alpha value is -1.12. The lowest BCUT2D eigenvalue weighted by Gasteiger charge is -2.33. The van der Waals surface area contributed by atoms with Crippen LogP contribution >= 0.6 is 11.6 Å². The van der Waals surface area contributed by atoms with E-state index >= 15 is 0 Å². The fourth-order valence-corrected chi connectivity index (χ4v) is 3.62. The predicted molar refractivity (Wildman–Crippen MR) is 89.7 cm³/mol. The van der Waals surface area contributed by atoms with Crippen LogP contribution in [0.25, 0.3) is 10.9 Å². The van der Waals surface area contributed by atoms with Gasteiger partial charge in [-0.25, -0.2) is 4.98 Å². The zero-order valence-electron chi connectivity index (χ0n) is 12.7. The highest BCUT2D eigenvalue weighted by molar-refractivity contribution is 6.30. The van der Waals surface area contributed by atoms with E-state index in [2.05, 4.69) is 35.0 Å². The van der Waals surface area contributed by atoms with Crippen LogP contribution < -0.4 is 0 Å². The molecule has 3 heteroatoms. The molecule has 0 unspecified atom stereocenters. The highest BCUT2D eigenvalue weighted by Gasteiger charge is 2.21. The Morgan fingerprint density at radius 1 is 1.19 bits per heavy atom. The molecule has 1 aliphatic rings. The van der Waals surface area contributed by atoms with Crippen LogP contribution in [0, 0.1) is 0 Å². The Bertz CT molecular complexity index is 605. The maximum Gasteiger partial charge on any atom is 0.134 e. The lowest BCUT2D eigenvalue weighted by Crippen LogP contribution is -2.36. The minimum atomic E-state index is 0.656. The third-order valence-electron chi connectivity index (χ3n) is 4.62. The first-order valence-electron chi connectivity index (χ1n) is 8.06. The van der Waals surface area contributed by atoms with Crippen molar-refractivity contribution in [1.29, 1.82) is 0 Å². The second-order valence-corrected chi connectivity index (χ2v) is 6.34. The van der Waals surface area contributed by atoms with Gasteiger partial charge in [0.25, 0.3) is 0 Å². The van der Waals surface area contributed by atoms with Gasteiger partial charge in [0.15, 0.2) is 0 Å². The third kappa shape index (κ3) is 3.38. The summed E-state index contributed by atoms with van der Waals surface area (Å²) in [5, 5.41) is 1.83. The molecular formula is C18H23ClN2. The van der Waals surface area contributed by atoms with E-state index in [-0.39, 0.29) is 0 Å². The van der Waals surface area contributed by atoms with E-state index in [0.29, 0.717) is 11.2 Å². The number of fused-ring (bicyclic) bond motifs is 1. The van der Waals surface area contributed by atoms with Crippen LogP contribution in [0.1, 0.15) is 44.6 Å². The molecule has 2 nitrogen and oxygen atoms in total. The van der Waals surface area contributed by atoms with E-state index in [1.807, 2.05) is 12.1 Å². The highest BCUT2D eigenvalue weighted by Crippen LogP contribution is 2.26. The largest absolute Gasteiger partial charge is 0.296 e. The van der Waals surface area contributed by atoms with Crippen LogP contribution in [0.2, 0.25) is 5.15 Å². The maximum atomic E-state index is 6.41. The van der Waals surface area contributed by atoms with Gasteiger partial charge in [-0.1, -0.05) is 56.0 Å². The molecule has 1 fully saturated rings. The van der Waals surface area contributed by atoms with Crippen molar-refractivity contribution in [2.24, 2.45) is 0 Å². The number of halogens is 1. The molecule has 0 bridgehead atoms. The molecule has 1 heterocycles. The lowest BCUT2D eigenvalue weighted by atomic mass is 9.94. The molecule has 0 radical (unpaired) electrons. The Labute approximate surface area is 132 Å². The van der Waals surface area contributed by atoms with E-state index in [1.54, 1.807) is 0 Å². The summed E-state index contributed by atoms with van der Waals surface area (Å²) in [6.45, 7) is 4.24. The number of benzene rings is 1. The quantitative estimate of drug-likeness (QED) is 0.735. The van der Waals surface area contributed by atoms with Crippen LogP contribution in [-0.4, -0.2) is 22.5 Å². The van der Waals surface area contributed by atoms with Crippen molar-refractivity contribution in [2.45, 2.75) is 51.6 Å². The first kappa shape index (κ1) is 14.8. The van der Waals surface area contributed by atoms with Crippen molar-refractivity contribution >= 4 is 22.5 Å². The number of aromatic nitrogens is 1. The van der Waals surface area contributed by atoms with E-state index in [1.165, 1.54) is 37.5 Å². The normalized spacial score (nSPS) is 16.7. The van der Waals surface area contributed by atoms with E-state index < -0.39 is 0 Å². The summed E-state index contributed by atoms with van der Waals surface area (Å²) in [7, 11) is 0. The van der Waals surface area contributed by atoms with Crippen molar-refractivity contribution in [1.82, 2.24) is 9.88 Å². The van der Waals surface area contributed by atoms with Crippen molar-refractivity contribution in [2.75, 3.05) is 6.54 Å². The van der Waals surface area contributed by atoms with Gasteiger partial charge >= 0.3 is 0 Å². The first-order valence-corrected chi connectivity index (χ1v) is 8.44. The highest BCUT2D eigenvalue weighted by atomic mass is 35.5. The SMILES string of the molecule is CCN(Cc1cc2ccccc2nc1Cl)C1CCCCC1. The Morgan fingerprint density at radius 3 is 2.71 bits per heavy atom. The fraction of sp³-hybridized carbons (Fsp3) is 0.500. The summed E-state index contributed by atoms with van der Waals surface area (Å²) in [5.41, 5.74) is 2.13. The van der Waals surface area contributed by atoms with Crippen LogP contribution in [0.3, 0.4) is 0 Å². The summed E-state index contributed by atoms with van der Waals surface area (Å²) in [6.07, 6.45) is 6.78. The Kier molecular flexibility index (Phi) is 4.77. The second-order valence-electron chi connectivity index (χ2n) is 5.99. The van der Waals surface area contributed by atoms with E-state index in [0.717, 1.165) is 24.2 Å². The molecule has 112 valence electrons. The molecule has 1 aliphatic carbocycles. The van der Waals surface area contributed by atoms with Crippen LogP contribution in [0.5, 0.6) is 0 Å². The topological polar surface area (TPSA) is 16.1 Å². The van der Waals surface area contributed by atoms with Crippen molar-refractivity contribution in [3.8, 4) is 0 Å². The zero-order chi connectivity index (χ0) is 14.7. The molecule has 21 heavy (non-hydrogen) atoms. The van der Waals surface area contributed by atoms with Gasteiger partial charge in [0.1, 0.15) is 5.15 Å². The molecule has 1 aromatic carbocycles. The maximum absolute atomic E-state index is 6.41. The molecular weight excluding hydrogens is 280 g/mol. The second kappa shape index (κ2) is 6.76. The molecule has 2 aromatic rings. The number of nitrogens with zero attached hydrogens (tertiary/aromatic N) is 2. The number of para-hydroxylation sites is 1. The van der Waals surface area contributed by atoms with Crippen LogP contribution in [0.15, 0.2) is 30.3 Å². The molecule has 0 N–H and O–H groups in total. The number of hydrogen-bond acceptors (Lipinski definition) is 2. The van der Waals surface area contributed by atoms with Gasteiger partial charge in [0.2, 0.25) is 0 Å². The summed E-state index contributed by atoms with van der Waals surface area (Å²) < 4.78 is 0. The molecule has 0 aliphatic heterocycles. The number of rotatable bonds is 4. The monoisotopic (exact) mass is 302 g/mol. The summed E-state index contributed by atoms with van der Waals surface area (Å²) in [5.74, 6) is 0. The molecule has 0 saturated heterocycles. The van der Waals surface area contributed by atoms with Crippen molar-refractivity contribution < 1.29 is 0 Å². The molecule has 0 spiro atoms. The molecule has 3 rings (SSSR count). The van der Waals surface area contributed by atoms with Gasteiger partial charge < -0.3 is 0 Å². The summed E-state index contributed by atoms with van der Waals surface area (Å²) in [4.78, 5) is 7.11. The zero-order valence-corrected chi connectivity index (χ0v) is 13.4. The molecule has 0 amide bonds. The molecule has 1 aromatic heterocycles. The molecule has 0 atom stereocenters. The third-order valence-corrected chi connectivity index (χ3v) is 4.95. The van der Waals surface area contributed by atoms with Gasteiger partial charge in [-0.2, -0.15) is 0 Å². The minimum Gasteiger partial charge on any atom is -0.296 e. The Balaban J connectivity index is 1.83. The minimum absolute atomic E-state index is 0.656. The van der Waals surface area contributed by atoms with Crippen molar-refractivity contribution in [3.63, 3.8) is 0 Å². The first-order chi connectivity index (χ1) is 10.3. The predicted octanol–water partition coefficient (Wildman–Crippen LogP) is 5.04. The standard InChI is InChI=1S/C18H23ClN2/c1-2-21(16-9-4-3-5-10-16)13-15-12-14-8-6-7-11-17(14)20-18(15)19/h6-8,11-12,16H,2-5,9-10,13H2,1H3. The average Bonchev–Trinajstić information content (AvgIpc) is 2.53. The fourth-order valence-electron chi connectivity index (χ4n) is 3.41. The number of hydrogen-bond donors (Lipinski definition) is 0. The van der Waals surface area contributed by atoms with Gasteiger partial charge in [-0.05, 0) is 31.5 Å². The van der Waals surface area contributed by atoms with Crippen LogP contribution in [-0.2, 0) is 6.54 Å². The van der Waals surface area contributed by atoms with Gasteiger partial charge in [-0.15, -0.1) is 0 Å². The van der Waals surface area contributed by atoms with Crippen LogP contribution in [0.4, 0.5) is 0 Å². The van der Waals surface area contributed by atoms with Gasteiger partial charge in [-0.3, -0.25) is 4.90 Å². The summed E-state index contributed by atoms with van der Waals surface area (Å²) in [6, 6.07) is 11.1. The van der Waals surface area contributed by atoms with E-state index in [4.69, 9.17) is 11.6 Å². The Morgan fingerprint density at radius 2 is 1.95 bits per heavy atom. The van der Waals surface area contributed by atoms with Gasteiger partial charge in [0.05, 0.1) is 5.52 Å². The lowest BCUT2D eigenvalue weighted by molar-refractivity contribution is 0.156.